The zero-order chi connectivity index (χ0) is 16.8. The Morgan fingerprint density at radius 1 is 1.26 bits per heavy atom. The summed E-state index contributed by atoms with van der Waals surface area (Å²) in [6, 6.07) is 11.2. The van der Waals surface area contributed by atoms with Crippen molar-refractivity contribution in [1.82, 2.24) is 5.32 Å². The Labute approximate surface area is 139 Å². The van der Waals surface area contributed by atoms with Crippen LogP contribution in [0.4, 0.5) is 4.79 Å². The molecule has 1 heterocycles. The lowest BCUT2D eigenvalue weighted by molar-refractivity contribution is -0.704. The van der Waals surface area contributed by atoms with Crippen LogP contribution >= 0.6 is 11.3 Å². The van der Waals surface area contributed by atoms with Crippen LogP contribution in [0.25, 0.3) is 0 Å². The number of urea groups is 1. The maximum absolute atomic E-state index is 12.0. The number of carbonyl (C=O) groups is 2. The quantitative estimate of drug-likeness (QED) is 0.749. The minimum Gasteiger partial charge on any atom is -0.351 e. The van der Waals surface area contributed by atoms with Crippen LogP contribution in [0.1, 0.15) is 35.9 Å². The molecule has 0 unspecified atom stereocenters. The third kappa shape index (κ3) is 4.64. The van der Waals surface area contributed by atoms with Gasteiger partial charge in [0.25, 0.3) is 5.91 Å². The molecule has 122 valence electrons. The molecule has 2 atom stereocenters. The zero-order valence-electron chi connectivity index (χ0n) is 13.3. The lowest BCUT2D eigenvalue weighted by atomic mass is 10.0. The molecule has 0 saturated heterocycles. The van der Waals surface area contributed by atoms with E-state index < -0.39 is 12.1 Å². The van der Waals surface area contributed by atoms with E-state index in [-0.39, 0.29) is 11.9 Å². The molecule has 1 aromatic heterocycles. The van der Waals surface area contributed by atoms with Crippen molar-refractivity contribution in [1.29, 1.82) is 0 Å². The average Bonchev–Trinajstić information content (AvgIpc) is 3.06. The number of rotatable bonds is 6. The highest BCUT2D eigenvalue weighted by Gasteiger charge is 2.26. The van der Waals surface area contributed by atoms with Gasteiger partial charge in [-0.3, -0.25) is 10.1 Å². The van der Waals surface area contributed by atoms with Gasteiger partial charge in [-0.25, -0.2) is 4.79 Å². The zero-order valence-corrected chi connectivity index (χ0v) is 14.1. The molecule has 2 aromatic rings. The first-order valence-corrected chi connectivity index (χ1v) is 8.46. The Morgan fingerprint density at radius 2 is 1.96 bits per heavy atom. The number of hydrogen-bond donors (Lipinski definition) is 3. The molecule has 5 N–H and O–H groups in total. The minimum atomic E-state index is -0.824. The maximum atomic E-state index is 12.0. The van der Waals surface area contributed by atoms with E-state index in [0.717, 1.165) is 16.9 Å². The summed E-state index contributed by atoms with van der Waals surface area (Å²) in [6.07, 6.45) is 0.991. The van der Waals surface area contributed by atoms with E-state index in [4.69, 9.17) is 5.73 Å². The van der Waals surface area contributed by atoms with Crippen molar-refractivity contribution in [3.63, 3.8) is 0 Å². The number of thiophene rings is 1. The topological polar surface area (TPSA) is 88.8 Å². The first-order chi connectivity index (χ1) is 11.0. The Hall–Kier alpha value is -2.18. The van der Waals surface area contributed by atoms with Gasteiger partial charge in [-0.1, -0.05) is 37.3 Å². The Morgan fingerprint density at radius 3 is 2.48 bits per heavy atom. The number of imide groups is 1. The molecule has 0 saturated carbocycles. The van der Waals surface area contributed by atoms with Gasteiger partial charge in [0.15, 0.2) is 6.04 Å². The van der Waals surface area contributed by atoms with Gasteiger partial charge in [-0.05, 0) is 30.4 Å². The molecule has 0 spiro atoms. The Bertz CT molecular complexity index is 653. The van der Waals surface area contributed by atoms with E-state index in [0.29, 0.717) is 0 Å². The van der Waals surface area contributed by atoms with Crippen LogP contribution in [-0.4, -0.2) is 18.0 Å². The van der Waals surface area contributed by atoms with Gasteiger partial charge in [0.05, 0.1) is 4.88 Å². The molecule has 6 heteroatoms. The van der Waals surface area contributed by atoms with Crippen LogP contribution in [0, 0.1) is 0 Å². The van der Waals surface area contributed by atoms with Crippen LogP contribution in [0.5, 0.6) is 0 Å². The Balaban J connectivity index is 2.21. The molecule has 23 heavy (non-hydrogen) atoms. The van der Waals surface area contributed by atoms with Crippen LogP contribution in [0.3, 0.4) is 0 Å². The summed E-state index contributed by atoms with van der Waals surface area (Å²) in [7, 11) is 0. The number of aryl methyl sites for hydroxylation is 1. The van der Waals surface area contributed by atoms with Gasteiger partial charge < -0.3 is 11.1 Å². The fraction of sp³-hybridized carbons (Fsp3) is 0.294. The largest absolute Gasteiger partial charge is 0.351 e. The highest BCUT2D eigenvalue weighted by molar-refractivity contribution is 7.10. The SMILES string of the molecule is CCc1ccc([C@H]([NH2+][C@@H](C)C(=O)NC(N)=O)c2cccs2)cc1. The monoisotopic (exact) mass is 332 g/mol. The van der Waals surface area contributed by atoms with Gasteiger partial charge in [0.2, 0.25) is 0 Å². The predicted octanol–water partition coefficient (Wildman–Crippen LogP) is 1.55. The van der Waals surface area contributed by atoms with Crippen LogP contribution in [0.2, 0.25) is 0 Å². The number of quaternary nitrogens is 1. The summed E-state index contributed by atoms with van der Waals surface area (Å²) < 4.78 is 0. The van der Waals surface area contributed by atoms with Gasteiger partial charge in [-0.15, -0.1) is 11.3 Å². The summed E-state index contributed by atoms with van der Waals surface area (Å²) in [4.78, 5) is 24.0. The van der Waals surface area contributed by atoms with E-state index in [9.17, 15) is 9.59 Å². The van der Waals surface area contributed by atoms with Crippen LogP contribution in [-0.2, 0) is 11.2 Å². The number of primary amides is 1. The van der Waals surface area contributed by atoms with Crippen molar-refractivity contribution in [2.75, 3.05) is 0 Å². The van der Waals surface area contributed by atoms with Gasteiger partial charge in [0, 0.05) is 5.56 Å². The summed E-state index contributed by atoms with van der Waals surface area (Å²) in [5, 5.41) is 6.10. The fourth-order valence-electron chi connectivity index (χ4n) is 2.41. The van der Waals surface area contributed by atoms with Gasteiger partial charge in [-0.2, -0.15) is 0 Å². The highest BCUT2D eigenvalue weighted by Crippen LogP contribution is 2.23. The second-order valence-electron chi connectivity index (χ2n) is 5.42. The second kappa shape index (κ2) is 7.89. The molecule has 2 rings (SSSR count). The number of nitrogens with two attached hydrogens (primary N) is 2. The molecule has 0 aliphatic heterocycles. The molecule has 1 aromatic carbocycles. The van der Waals surface area contributed by atoms with Crippen molar-refractivity contribution < 1.29 is 14.9 Å². The molecular weight excluding hydrogens is 310 g/mol. The maximum Gasteiger partial charge on any atom is 0.319 e. The summed E-state index contributed by atoms with van der Waals surface area (Å²) in [6.45, 7) is 3.88. The first kappa shape index (κ1) is 17.2. The number of carbonyl (C=O) groups excluding carboxylic acids is 2. The molecule has 3 amide bonds. The smallest absolute Gasteiger partial charge is 0.319 e. The van der Waals surface area contributed by atoms with E-state index in [1.54, 1.807) is 18.3 Å². The summed E-state index contributed by atoms with van der Waals surface area (Å²) >= 11 is 1.65. The summed E-state index contributed by atoms with van der Waals surface area (Å²) in [5.41, 5.74) is 7.42. The first-order valence-electron chi connectivity index (χ1n) is 7.58. The standard InChI is InChI=1S/C17H21N3O2S/c1-3-12-6-8-13(9-7-12)15(14-5-4-10-23-14)19-11(2)16(21)20-17(18)22/h4-11,15,19H,3H2,1-2H3,(H3,18,20,21,22)/p+1/t11-,15-/m0/s1. The molecule has 0 fully saturated rings. The molecule has 0 aliphatic rings. The second-order valence-corrected chi connectivity index (χ2v) is 6.40. The lowest BCUT2D eigenvalue weighted by Crippen LogP contribution is -2.92. The van der Waals surface area contributed by atoms with E-state index in [1.807, 2.05) is 16.8 Å². The number of benzene rings is 1. The predicted molar refractivity (Wildman–Crippen MR) is 91.1 cm³/mol. The normalized spacial score (nSPS) is 13.3. The van der Waals surface area contributed by atoms with Crippen molar-refractivity contribution in [3.8, 4) is 0 Å². The number of amides is 3. The number of nitrogens with one attached hydrogen (secondary N) is 1. The van der Waals surface area contributed by atoms with E-state index >= 15 is 0 Å². The highest BCUT2D eigenvalue weighted by atomic mass is 32.1. The molecule has 0 bridgehead atoms. The van der Waals surface area contributed by atoms with Crippen molar-refractivity contribution in [3.05, 3.63) is 57.8 Å². The third-order valence-corrected chi connectivity index (χ3v) is 4.69. The summed E-state index contributed by atoms with van der Waals surface area (Å²) in [5.74, 6) is -0.385. The molecule has 0 radical (unpaired) electrons. The fourth-order valence-corrected chi connectivity index (χ4v) is 3.24. The van der Waals surface area contributed by atoms with Crippen molar-refractivity contribution in [2.45, 2.75) is 32.4 Å². The number of hydrogen-bond acceptors (Lipinski definition) is 3. The molecule has 5 nitrogen and oxygen atoms in total. The molecule has 0 aliphatic carbocycles. The van der Waals surface area contributed by atoms with Crippen LogP contribution < -0.4 is 16.4 Å². The Kier molecular flexibility index (Phi) is 5.90. The average molecular weight is 332 g/mol. The third-order valence-electron chi connectivity index (χ3n) is 3.74. The van der Waals surface area contributed by atoms with Crippen molar-refractivity contribution in [2.24, 2.45) is 5.73 Å². The van der Waals surface area contributed by atoms with Crippen molar-refractivity contribution >= 4 is 23.3 Å². The molecular formula is C17H22N3O2S+. The van der Waals surface area contributed by atoms with E-state index in [1.165, 1.54) is 5.56 Å². The van der Waals surface area contributed by atoms with Gasteiger partial charge in [0.1, 0.15) is 6.04 Å². The van der Waals surface area contributed by atoms with Crippen LogP contribution in [0.15, 0.2) is 41.8 Å². The van der Waals surface area contributed by atoms with E-state index in [2.05, 4.69) is 42.6 Å². The van der Waals surface area contributed by atoms with Gasteiger partial charge >= 0.3 is 6.03 Å². The minimum absolute atomic E-state index is 0.00883. The lowest BCUT2D eigenvalue weighted by Gasteiger charge is -2.19.